The van der Waals surface area contributed by atoms with Crippen LogP contribution < -0.4 is 5.32 Å². The molecule has 4 nitrogen and oxygen atoms in total. The molecule has 2 aromatic rings. The average Bonchev–Trinajstić information content (AvgIpc) is 2.90. The van der Waals surface area contributed by atoms with E-state index in [0.717, 1.165) is 31.0 Å². The van der Waals surface area contributed by atoms with Crippen LogP contribution in [0.15, 0.2) is 36.5 Å². The lowest BCUT2D eigenvalue weighted by atomic mass is 10.1. The van der Waals surface area contributed by atoms with Crippen molar-refractivity contribution in [3.63, 3.8) is 0 Å². The number of benzene rings is 1. The highest BCUT2D eigenvalue weighted by atomic mass is 15.2. The van der Waals surface area contributed by atoms with Crippen molar-refractivity contribution in [2.24, 2.45) is 7.05 Å². The molecule has 1 aromatic carbocycles. The Bertz CT molecular complexity index is 543. The van der Waals surface area contributed by atoms with Crippen LogP contribution in [0, 0.1) is 0 Å². The summed E-state index contributed by atoms with van der Waals surface area (Å²) in [5.74, 6) is 1.03. The zero-order valence-electron chi connectivity index (χ0n) is 13.5. The first kappa shape index (κ1) is 15.7. The zero-order valence-corrected chi connectivity index (χ0v) is 13.5. The second-order valence-corrected chi connectivity index (χ2v) is 5.23. The lowest BCUT2D eigenvalue weighted by Gasteiger charge is -2.29. The van der Waals surface area contributed by atoms with E-state index in [1.54, 1.807) is 0 Å². The number of aromatic nitrogens is 2. The van der Waals surface area contributed by atoms with Gasteiger partial charge in [-0.1, -0.05) is 44.2 Å². The van der Waals surface area contributed by atoms with Gasteiger partial charge in [0.1, 0.15) is 5.82 Å². The molecule has 0 aliphatic heterocycles. The molecule has 0 bridgehead atoms. The molecule has 114 valence electrons. The molecule has 1 atom stereocenters. The molecule has 0 aliphatic rings. The smallest absolute Gasteiger partial charge is 0.139 e. The lowest BCUT2D eigenvalue weighted by Crippen LogP contribution is -2.35. The van der Waals surface area contributed by atoms with Crippen molar-refractivity contribution in [3.8, 4) is 11.4 Å². The number of hydrogen-bond donors (Lipinski definition) is 1. The van der Waals surface area contributed by atoms with Crippen LogP contribution in [0.2, 0.25) is 0 Å². The fraction of sp³-hybridized carbons (Fsp3) is 0.471. The Balaban J connectivity index is 2.37. The quantitative estimate of drug-likeness (QED) is 0.849. The fourth-order valence-electron chi connectivity index (χ4n) is 2.87. The third-order valence-electron chi connectivity index (χ3n) is 4.05. The number of nitrogens with one attached hydrogen (secondary N) is 1. The van der Waals surface area contributed by atoms with Crippen LogP contribution in [-0.4, -0.2) is 41.1 Å². The first-order valence-electron chi connectivity index (χ1n) is 7.68. The topological polar surface area (TPSA) is 33.1 Å². The van der Waals surface area contributed by atoms with Crippen LogP contribution in [0.3, 0.4) is 0 Å². The summed E-state index contributed by atoms with van der Waals surface area (Å²) in [5, 5.41) is 3.31. The maximum absolute atomic E-state index is 4.65. The van der Waals surface area contributed by atoms with Crippen molar-refractivity contribution in [1.82, 2.24) is 19.8 Å². The molecule has 0 fully saturated rings. The first-order chi connectivity index (χ1) is 10.2. The predicted octanol–water partition coefficient (Wildman–Crippen LogP) is 2.69. The molecule has 1 heterocycles. The van der Waals surface area contributed by atoms with Crippen LogP contribution in [0.1, 0.15) is 25.6 Å². The van der Waals surface area contributed by atoms with Crippen molar-refractivity contribution in [1.29, 1.82) is 0 Å². The maximum atomic E-state index is 4.65. The normalized spacial score (nSPS) is 12.8. The van der Waals surface area contributed by atoms with Gasteiger partial charge in [-0.15, -0.1) is 0 Å². The van der Waals surface area contributed by atoms with Crippen molar-refractivity contribution >= 4 is 0 Å². The first-order valence-corrected chi connectivity index (χ1v) is 7.68. The molecule has 21 heavy (non-hydrogen) atoms. The maximum Gasteiger partial charge on any atom is 0.139 e. The molecule has 0 saturated heterocycles. The highest BCUT2D eigenvalue weighted by Crippen LogP contribution is 2.25. The summed E-state index contributed by atoms with van der Waals surface area (Å²) in [5.41, 5.74) is 2.42. The molecular weight excluding hydrogens is 260 g/mol. The molecule has 0 saturated carbocycles. The number of hydrogen-bond acceptors (Lipinski definition) is 3. The standard InChI is InChI=1S/C17H26N4/c1-5-21(6-2)16(12-18-3)15-13-19-17(20(15)4)14-10-8-7-9-11-14/h7-11,13,16,18H,5-6,12H2,1-4H3. The van der Waals surface area contributed by atoms with Gasteiger partial charge in [0.15, 0.2) is 0 Å². The Morgan fingerprint density at radius 3 is 2.43 bits per heavy atom. The Morgan fingerprint density at radius 1 is 1.19 bits per heavy atom. The van der Waals surface area contributed by atoms with Gasteiger partial charge in [0, 0.05) is 19.2 Å². The van der Waals surface area contributed by atoms with Crippen LogP contribution in [0.5, 0.6) is 0 Å². The Hall–Kier alpha value is -1.65. The average molecular weight is 286 g/mol. The zero-order chi connectivity index (χ0) is 15.2. The molecule has 0 amide bonds. The third kappa shape index (κ3) is 3.34. The highest BCUT2D eigenvalue weighted by Gasteiger charge is 2.22. The number of nitrogens with zero attached hydrogens (tertiary/aromatic N) is 3. The second-order valence-electron chi connectivity index (χ2n) is 5.23. The fourth-order valence-corrected chi connectivity index (χ4v) is 2.87. The van der Waals surface area contributed by atoms with Crippen molar-refractivity contribution in [2.45, 2.75) is 19.9 Å². The van der Waals surface area contributed by atoms with Gasteiger partial charge in [-0.3, -0.25) is 4.90 Å². The van der Waals surface area contributed by atoms with E-state index in [1.807, 2.05) is 19.3 Å². The van der Waals surface area contributed by atoms with Gasteiger partial charge >= 0.3 is 0 Å². The number of rotatable bonds is 7. The monoisotopic (exact) mass is 286 g/mol. The van der Waals surface area contributed by atoms with E-state index in [4.69, 9.17) is 0 Å². The molecular formula is C17H26N4. The minimum absolute atomic E-state index is 0.347. The Kier molecular flexibility index (Phi) is 5.53. The summed E-state index contributed by atoms with van der Waals surface area (Å²) >= 11 is 0. The summed E-state index contributed by atoms with van der Waals surface area (Å²) < 4.78 is 2.22. The van der Waals surface area contributed by atoms with E-state index in [0.29, 0.717) is 6.04 Å². The summed E-state index contributed by atoms with van der Waals surface area (Å²) in [7, 11) is 4.11. The van der Waals surface area contributed by atoms with Crippen molar-refractivity contribution < 1.29 is 0 Å². The molecule has 4 heteroatoms. The van der Waals surface area contributed by atoms with Gasteiger partial charge in [0.25, 0.3) is 0 Å². The van der Waals surface area contributed by atoms with Crippen LogP contribution in [0.25, 0.3) is 11.4 Å². The van der Waals surface area contributed by atoms with E-state index in [9.17, 15) is 0 Å². The van der Waals surface area contributed by atoms with Crippen molar-refractivity contribution in [3.05, 3.63) is 42.2 Å². The van der Waals surface area contributed by atoms with Gasteiger partial charge in [-0.25, -0.2) is 4.98 Å². The second kappa shape index (κ2) is 7.38. The molecule has 0 radical (unpaired) electrons. The van der Waals surface area contributed by atoms with Gasteiger partial charge < -0.3 is 9.88 Å². The minimum Gasteiger partial charge on any atom is -0.330 e. The van der Waals surface area contributed by atoms with Gasteiger partial charge in [0.05, 0.1) is 17.9 Å². The third-order valence-corrected chi connectivity index (χ3v) is 4.05. The molecule has 1 aromatic heterocycles. The lowest BCUT2D eigenvalue weighted by molar-refractivity contribution is 0.209. The number of likely N-dealkylation sites (N-methyl/N-ethyl adjacent to an activating group) is 2. The molecule has 1 unspecified atom stereocenters. The molecule has 1 N–H and O–H groups in total. The van der Waals surface area contributed by atoms with Crippen LogP contribution in [0.4, 0.5) is 0 Å². The number of imidazole rings is 1. The Labute approximate surface area is 127 Å². The van der Waals surface area contributed by atoms with Crippen LogP contribution >= 0.6 is 0 Å². The largest absolute Gasteiger partial charge is 0.330 e. The molecule has 0 spiro atoms. The van der Waals surface area contributed by atoms with E-state index in [1.165, 1.54) is 5.69 Å². The predicted molar refractivity (Wildman–Crippen MR) is 88.2 cm³/mol. The summed E-state index contributed by atoms with van der Waals surface area (Å²) in [4.78, 5) is 7.11. The van der Waals surface area contributed by atoms with Gasteiger partial charge in [-0.2, -0.15) is 0 Å². The van der Waals surface area contributed by atoms with Crippen LogP contribution in [-0.2, 0) is 7.05 Å². The van der Waals surface area contributed by atoms with E-state index in [2.05, 4.69) is 64.9 Å². The highest BCUT2D eigenvalue weighted by molar-refractivity contribution is 5.55. The SMILES string of the molecule is CCN(CC)C(CNC)c1cnc(-c2ccccc2)n1C. The van der Waals surface area contributed by atoms with Gasteiger partial charge in [-0.05, 0) is 20.1 Å². The summed E-state index contributed by atoms with van der Waals surface area (Å²) in [6.45, 7) is 7.42. The Morgan fingerprint density at radius 2 is 1.86 bits per heavy atom. The van der Waals surface area contributed by atoms with E-state index >= 15 is 0 Å². The molecule has 0 aliphatic carbocycles. The van der Waals surface area contributed by atoms with Gasteiger partial charge in [0.2, 0.25) is 0 Å². The summed E-state index contributed by atoms with van der Waals surface area (Å²) in [6.07, 6.45) is 2.02. The van der Waals surface area contributed by atoms with Crippen molar-refractivity contribution in [2.75, 3.05) is 26.7 Å². The molecule has 2 rings (SSSR count). The minimum atomic E-state index is 0.347. The summed E-state index contributed by atoms with van der Waals surface area (Å²) in [6, 6.07) is 10.7. The van der Waals surface area contributed by atoms with E-state index < -0.39 is 0 Å². The van der Waals surface area contributed by atoms with E-state index in [-0.39, 0.29) is 0 Å².